The zero-order valence-corrected chi connectivity index (χ0v) is 13.3. The summed E-state index contributed by atoms with van der Waals surface area (Å²) in [7, 11) is 0. The lowest BCUT2D eigenvalue weighted by Crippen LogP contribution is -2.36. The normalized spacial score (nSPS) is 15.9. The molecule has 0 unspecified atom stereocenters. The molecule has 8 heteroatoms. The summed E-state index contributed by atoms with van der Waals surface area (Å²) in [5.41, 5.74) is 6.67. The topological polar surface area (TPSA) is 104 Å². The number of nitrogen functional groups attached to an aromatic ring is 1. The first-order valence-corrected chi connectivity index (χ1v) is 7.62. The second-order valence-electron chi connectivity index (χ2n) is 5.35. The summed E-state index contributed by atoms with van der Waals surface area (Å²) < 4.78 is 16.0. The number of rotatable bonds is 4. The Balaban J connectivity index is 1.94. The van der Waals surface area contributed by atoms with Gasteiger partial charge in [-0.05, 0) is 13.8 Å². The molecule has 1 aliphatic heterocycles. The number of hydrogen-bond acceptors (Lipinski definition) is 8. The maximum absolute atomic E-state index is 12.1. The molecule has 124 valence electrons. The van der Waals surface area contributed by atoms with Gasteiger partial charge in [0.2, 0.25) is 5.71 Å². The van der Waals surface area contributed by atoms with E-state index in [0.29, 0.717) is 48.0 Å². The maximum atomic E-state index is 12.1. The smallest absolute Gasteiger partial charge is 0.342 e. The van der Waals surface area contributed by atoms with Crippen LogP contribution in [0.15, 0.2) is 4.42 Å². The van der Waals surface area contributed by atoms with E-state index in [-0.39, 0.29) is 12.4 Å². The van der Waals surface area contributed by atoms with Crippen LogP contribution in [0.25, 0.3) is 11.1 Å². The van der Waals surface area contributed by atoms with Crippen molar-refractivity contribution in [3.05, 3.63) is 17.1 Å². The Morgan fingerprint density at radius 1 is 1.35 bits per heavy atom. The van der Waals surface area contributed by atoms with E-state index in [2.05, 4.69) is 14.9 Å². The third-order valence-corrected chi connectivity index (χ3v) is 3.75. The summed E-state index contributed by atoms with van der Waals surface area (Å²) >= 11 is 0. The fourth-order valence-electron chi connectivity index (χ4n) is 2.66. The van der Waals surface area contributed by atoms with Gasteiger partial charge in [0.05, 0.1) is 31.8 Å². The SMILES string of the molecule is CCOC(=O)c1c(C)oc2nc(CN3CCOCC3)nc(N)c12. The van der Waals surface area contributed by atoms with E-state index < -0.39 is 5.97 Å². The van der Waals surface area contributed by atoms with Crippen molar-refractivity contribution in [1.29, 1.82) is 0 Å². The van der Waals surface area contributed by atoms with Crippen LogP contribution >= 0.6 is 0 Å². The Hall–Kier alpha value is -2.19. The van der Waals surface area contributed by atoms with Crippen molar-refractivity contribution in [3.63, 3.8) is 0 Å². The minimum atomic E-state index is -0.472. The molecule has 1 saturated heterocycles. The standard InChI is InChI=1S/C15H20N4O4/c1-3-22-15(20)11-9(2)23-14-12(11)13(16)17-10(18-14)8-19-4-6-21-7-5-19/h3-8H2,1-2H3,(H2,16,17,18). The highest BCUT2D eigenvalue weighted by atomic mass is 16.5. The number of carbonyl (C=O) groups excluding carboxylic acids is 1. The number of furan rings is 1. The number of ether oxygens (including phenoxy) is 2. The van der Waals surface area contributed by atoms with Gasteiger partial charge in [-0.15, -0.1) is 0 Å². The van der Waals surface area contributed by atoms with Crippen molar-refractivity contribution >= 4 is 22.9 Å². The summed E-state index contributed by atoms with van der Waals surface area (Å²) in [6.45, 7) is 7.33. The van der Waals surface area contributed by atoms with Crippen molar-refractivity contribution in [3.8, 4) is 0 Å². The van der Waals surface area contributed by atoms with Crippen molar-refractivity contribution in [2.24, 2.45) is 0 Å². The lowest BCUT2D eigenvalue weighted by Gasteiger charge is -2.25. The Morgan fingerprint density at radius 3 is 2.78 bits per heavy atom. The maximum Gasteiger partial charge on any atom is 0.342 e. The molecule has 8 nitrogen and oxygen atoms in total. The first-order chi connectivity index (χ1) is 11.1. The zero-order valence-electron chi connectivity index (χ0n) is 13.3. The van der Waals surface area contributed by atoms with Gasteiger partial charge in [0.25, 0.3) is 0 Å². The molecule has 3 heterocycles. The molecule has 2 aromatic rings. The molecule has 2 N–H and O–H groups in total. The summed E-state index contributed by atoms with van der Waals surface area (Å²) in [5, 5.41) is 0.423. The second-order valence-corrected chi connectivity index (χ2v) is 5.35. The van der Waals surface area contributed by atoms with Crippen LogP contribution in [-0.4, -0.2) is 53.7 Å². The van der Waals surface area contributed by atoms with Crippen LogP contribution in [0.1, 0.15) is 28.9 Å². The van der Waals surface area contributed by atoms with Crippen LogP contribution in [0.4, 0.5) is 5.82 Å². The molecule has 0 bridgehead atoms. The number of fused-ring (bicyclic) bond motifs is 1. The second kappa shape index (κ2) is 6.51. The van der Waals surface area contributed by atoms with Crippen LogP contribution in [0.3, 0.4) is 0 Å². The highest BCUT2D eigenvalue weighted by Gasteiger charge is 2.24. The van der Waals surface area contributed by atoms with E-state index in [1.807, 2.05) is 0 Å². The van der Waals surface area contributed by atoms with Gasteiger partial charge in [-0.25, -0.2) is 9.78 Å². The Bertz CT molecular complexity index is 722. The number of aryl methyl sites for hydroxylation is 1. The fraction of sp³-hybridized carbons (Fsp3) is 0.533. The first-order valence-electron chi connectivity index (χ1n) is 7.62. The largest absolute Gasteiger partial charge is 0.462 e. The van der Waals surface area contributed by atoms with Crippen LogP contribution in [0, 0.1) is 6.92 Å². The van der Waals surface area contributed by atoms with Gasteiger partial charge in [-0.3, -0.25) is 4.90 Å². The van der Waals surface area contributed by atoms with Gasteiger partial charge in [0, 0.05) is 13.1 Å². The molecular formula is C15H20N4O4. The van der Waals surface area contributed by atoms with Crippen molar-refractivity contribution in [2.75, 3.05) is 38.6 Å². The van der Waals surface area contributed by atoms with Crippen molar-refractivity contribution in [1.82, 2.24) is 14.9 Å². The monoisotopic (exact) mass is 320 g/mol. The van der Waals surface area contributed by atoms with Crippen LogP contribution < -0.4 is 5.73 Å². The molecule has 0 aliphatic carbocycles. The average molecular weight is 320 g/mol. The number of aromatic nitrogens is 2. The number of hydrogen-bond donors (Lipinski definition) is 1. The molecule has 23 heavy (non-hydrogen) atoms. The minimum Gasteiger partial charge on any atom is -0.462 e. The number of carbonyl (C=O) groups is 1. The lowest BCUT2D eigenvalue weighted by atomic mass is 10.2. The van der Waals surface area contributed by atoms with Gasteiger partial charge in [-0.2, -0.15) is 4.98 Å². The van der Waals surface area contributed by atoms with E-state index in [1.165, 1.54) is 0 Å². The Labute approximate surface area is 133 Å². The summed E-state index contributed by atoms with van der Waals surface area (Å²) in [6.07, 6.45) is 0. The first kappa shape index (κ1) is 15.7. The highest BCUT2D eigenvalue weighted by Crippen LogP contribution is 2.29. The highest BCUT2D eigenvalue weighted by molar-refractivity contribution is 6.07. The number of esters is 1. The molecule has 0 aromatic carbocycles. The van der Waals surface area contributed by atoms with Gasteiger partial charge in [-0.1, -0.05) is 0 Å². The van der Waals surface area contributed by atoms with E-state index in [1.54, 1.807) is 13.8 Å². The van der Waals surface area contributed by atoms with Gasteiger partial charge >= 0.3 is 5.97 Å². The van der Waals surface area contributed by atoms with E-state index >= 15 is 0 Å². The zero-order chi connectivity index (χ0) is 16.4. The minimum absolute atomic E-state index is 0.234. The van der Waals surface area contributed by atoms with Gasteiger partial charge < -0.3 is 19.6 Å². The van der Waals surface area contributed by atoms with Crippen molar-refractivity contribution < 1.29 is 18.7 Å². The third-order valence-electron chi connectivity index (χ3n) is 3.75. The molecule has 2 aromatic heterocycles. The predicted octanol–water partition coefficient (Wildman–Crippen LogP) is 1.12. The molecule has 0 radical (unpaired) electrons. The van der Waals surface area contributed by atoms with Gasteiger partial charge in [0.15, 0.2) is 0 Å². The van der Waals surface area contributed by atoms with Crippen LogP contribution in [0.2, 0.25) is 0 Å². The van der Waals surface area contributed by atoms with E-state index in [4.69, 9.17) is 19.6 Å². The molecular weight excluding hydrogens is 300 g/mol. The van der Waals surface area contributed by atoms with E-state index in [0.717, 1.165) is 13.1 Å². The van der Waals surface area contributed by atoms with Crippen LogP contribution in [0.5, 0.6) is 0 Å². The van der Waals surface area contributed by atoms with Crippen LogP contribution in [-0.2, 0) is 16.0 Å². The van der Waals surface area contributed by atoms with Gasteiger partial charge in [0.1, 0.15) is 23.0 Å². The number of nitrogens with zero attached hydrogens (tertiary/aromatic N) is 3. The third kappa shape index (κ3) is 3.13. The quantitative estimate of drug-likeness (QED) is 0.836. The molecule has 0 saturated carbocycles. The molecule has 0 amide bonds. The fourth-order valence-corrected chi connectivity index (χ4v) is 2.66. The summed E-state index contributed by atoms with van der Waals surface area (Å²) in [4.78, 5) is 23.0. The number of nitrogens with two attached hydrogens (primary N) is 1. The Morgan fingerprint density at radius 2 is 2.09 bits per heavy atom. The molecule has 1 aliphatic rings. The average Bonchev–Trinajstić information content (AvgIpc) is 2.85. The van der Waals surface area contributed by atoms with E-state index in [9.17, 15) is 4.79 Å². The molecule has 1 fully saturated rings. The number of anilines is 1. The van der Waals surface area contributed by atoms with Crippen molar-refractivity contribution in [2.45, 2.75) is 20.4 Å². The molecule has 0 atom stereocenters. The Kier molecular flexibility index (Phi) is 4.44. The number of morpholine rings is 1. The molecule has 3 rings (SSSR count). The summed E-state index contributed by atoms with van der Waals surface area (Å²) in [5.74, 6) is 0.766. The summed E-state index contributed by atoms with van der Waals surface area (Å²) in [6, 6.07) is 0. The predicted molar refractivity (Wildman–Crippen MR) is 83.0 cm³/mol. The molecule has 0 spiro atoms. The lowest BCUT2D eigenvalue weighted by molar-refractivity contribution is 0.0331.